The van der Waals surface area contributed by atoms with Gasteiger partial charge in [-0.25, -0.2) is 4.79 Å². The summed E-state index contributed by atoms with van der Waals surface area (Å²) in [5.74, 6) is -0.597. The zero-order valence-corrected chi connectivity index (χ0v) is 15.2. The van der Waals surface area contributed by atoms with Gasteiger partial charge in [0.2, 0.25) is 5.91 Å². The van der Waals surface area contributed by atoms with Crippen molar-refractivity contribution in [1.82, 2.24) is 4.57 Å². The Bertz CT molecular complexity index is 966. The minimum absolute atomic E-state index is 0.0325. The molecular weight excluding hydrogens is 332 g/mol. The van der Waals surface area contributed by atoms with Gasteiger partial charge in [0.05, 0.1) is 23.8 Å². The van der Waals surface area contributed by atoms with Crippen molar-refractivity contribution in [2.75, 3.05) is 24.3 Å². The molecule has 0 unspecified atom stereocenters. The van der Waals surface area contributed by atoms with Gasteiger partial charge in [-0.3, -0.25) is 4.79 Å². The van der Waals surface area contributed by atoms with E-state index in [1.54, 1.807) is 11.0 Å². The second-order valence-corrected chi connectivity index (χ2v) is 6.65. The Balaban J connectivity index is 2.23. The van der Waals surface area contributed by atoms with Gasteiger partial charge in [0.15, 0.2) is 5.69 Å². The lowest BCUT2D eigenvalue weighted by atomic mass is 9.86. The number of methoxy groups -OCH3 is 1. The van der Waals surface area contributed by atoms with Gasteiger partial charge >= 0.3 is 5.97 Å². The second-order valence-electron chi connectivity index (χ2n) is 6.65. The summed E-state index contributed by atoms with van der Waals surface area (Å²) < 4.78 is 6.35. The van der Waals surface area contributed by atoms with Crippen LogP contribution in [-0.4, -0.2) is 30.1 Å². The zero-order chi connectivity index (χ0) is 19.2. The highest BCUT2D eigenvalue weighted by Crippen LogP contribution is 2.42. The van der Waals surface area contributed by atoms with Crippen molar-refractivity contribution in [2.45, 2.75) is 26.2 Å². The molecule has 0 atom stereocenters. The van der Waals surface area contributed by atoms with Crippen LogP contribution in [0.25, 0.3) is 5.69 Å². The van der Waals surface area contributed by atoms with Gasteiger partial charge in [0, 0.05) is 24.1 Å². The third kappa shape index (κ3) is 2.26. The molecule has 0 bridgehead atoms. The van der Waals surface area contributed by atoms with Crippen molar-refractivity contribution in [1.29, 1.82) is 5.26 Å². The van der Waals surface area contributed by atoms with Crippen molar-refractivity contribution < 1.29 is 14.3 Å². The number of nitriles is 1. The number of fused-ring (bicyclic) bond motifs is 1. The molecule has 0 spiro atoms. The van der Waals surface area contributed by atoms with Gasteiger partial charge < -0.3 is 19.9 Å². The number of esters is 1. The molecule has 3 rings (SSSR count). The highest BCUT2D eigenvalue weighted by Gasteiger charge is 2.43. The van der Waals surface area contributed by atoms with Crippen molar-refractivity contribution in [3.05, 3.63) is 41.2 Å². The molecule has 1 aliphatic rings. The Morgan fingerprint density at radius 1 is 1.38 bits per heavy atom. The number of carbonyl (C=O) groups excluding carboxylic acids is 2. The molecule has 1 aromatic heterocycles. The first-order chi connectivity index (χ1) is 12.3. The van der Waals surface area contributed by atoms with E-state index in [1.165, 1.54) is 17.9 Å². The first kappa shape index (κ1) is 17.5. The minimum atomic E-state index is -0.677. The van der Waals surface area contributed by atoms with Crippen molar-refractivity contribution in [2.24, 2.45) is 0 Å². The Hall–Kier alpha value is -3.27. The monoisotopic (exact) mass is 352 g/mol. The smallest absolute Gasteiger partial charge is 0.357 e. The summed E-state index contributed by atoms with van der Waals surface area (Å²) in [6.07, 6.45) is 1.50. The third-order valence-corrected chi connectivity index (χ3v) is 4.86. The van der Waals surface area contributed by atoms with E-state index < -0.39 is 11.4 Å². The van der Waals surface area contributed by atoms with E-state index in [0.29, 0.717) is 12.2 Å². The molecule has 2 aromatic rings. The Kier molecular flexibility index (Phi) is 3.99. The largest absolute Gasteiger partial charge is 0.464 e. The van der Waals surface area contributed by atoms with E-state index in [0.717, 1.165) is 11.3 Å². The van der Waals surface area contributed by atoms with Gasteiger partial charge in [-0.1, -0.05) is 0 Å². The predicted octanol–water partition coefficient (Wildman–Crippen LogP) is 2.36. The molecule has 0 fully saturated rings. The summed E-state index contributed by atoms with van der Waals surface area (Å²) in [6.45, 7) is 6.26. The molecule has 2 N–H and O–H groups in total. The number of nitrogens with zero attached hydrogens (tertiary/aromatic N) is 3. The van der Waals surface area contributed by atoms with E-state index in [-0.39, 0.29) is 22.9 Å². The molecule has 0 saturated heterocycles. The predicted molar refractivity (Wildman–Crippen MR) is 97.3 cm³/mol. The molecule has 26 heavy (non-hydrogen) atoms. The number of hydrogen-bond donors (Lipinski definition) is 1. The fraction of sp³-hybridized carbons (Fsp3) is 0.316. The van der Waals surface area contributed by atoms with Gasteiger partial charge in [0.25, 0.3) is 0 Å². The van der Waals surface area contributed by atoms with Crippen LogP contribution in [0.4, 0.5) is 11.4 Å². The maximum absolute atomic E-state index is 12.7. The third-order valence-electron chi connectivity index (χ3n) is 4.86. The zero-order valence-electron chi connectivity index (χ0n) is 15.2. The molecule has 1 amide bonds. The van der Waals surface area contributed by atoms with Crippen LogP contribution in [0.15, 0.2) is 24.4 Å². The quantitative estimate of drug-likeness (QED) is 0.855. The fourth-order valence-corrected chi connectivity index (χ4v) is 3.40. The SMILES string of the molecule is CCN1C(=O)C(C)(C)c2cc(-n3cc(C#N)c(N)c3C(=O)OC)ccc21. The molecule has 134 valence electrons. The van der Waals surface area contributed by atoms with Gasteiger partial charge in [0.1, 0.15) is 6.07 Å². The summed E-state index contributed by atoms with van der Waals surface area (Å²) in [5, 5.41) is 9.25. The topological polar surface area (TPSA) is 101 Å². The standard InChI is InChI=1S/C19H20N4O3/c1-5-22-14-7-6-12(8-13(14)19(2,3)18(22)25)23-10-11(9-20)15(21)16(23)17(24)26-4/h6-8,10H,5,21H2,1-4H3. The molecular formula is C19H20N4O3. The highest BCUT2D eigenvalue weighted by atomic mass is 16.5. The lowest BCUT2D eigenvalue weighted by Crippen LogP contribution is -2.35. The maximum Gasteiger partial charge on any atom is 0.357 e. The van der Waals surface area contributed by atoms with E-state index in [2.05, 4.69) is 0 Å². The normalized spacial score (nSPS) is 14.9. The van der Waals surface area contributed by atoms with Crippen LogP contribution in [0.3, 0.4) is 0 Å². The van der Waals surface area contributed by atoms with Crippen molar-refractivity contribution >= 4 is 23.3 Å². The van der Waals surface area contributed by atoms with Crippen molar-refractivity contribution in [3.63, 3.8) is 0 Å². The number of hydrogen-bond acceptors (Lipinski definition) is 5. The number of carbonyl (C=O) groups is 2. The van der Waals surface area contributed by atoms with Crippen LogP contribution < -0.4 is 10.6 Å². The summed E-state index contributed by atoms with van der Waals surface area (Å²) in [7, 11) is 1.26. The summed E-state index contributed by atoms with van der Waals surface area (Å²) >= 11 is 0. The van der Waals surface area contributed by atoms with Crippen LogP contribution in [0.1, 0.15) is 42.4 Å². The average molecular weight is 352 g/mol. The van der Waals surface area contributed by atoms with Crippen LogP contribution in [0.2, 0.25) is 0 Å². The first-order valence-electron chi connectivity index (χ1n) is 8.24. The number of nitrogens with two attached hydrogens (primary N) is 1. The summed E-state index contributed by atoms with van der Waals surface area (Å²) in [4.78, 5) is 26.6. The van der Waals surface area contributed by atoms with E-state index in [9.17, 15) is 14.9 Å². The number of anilines is 2. The molecule has 1 aliphatic heterocycles. The lowest BCUT2D eigenvalue weighted by Gasteiger charge is -2.18. The van der Waals surface area contributed by atoms with Crippen LogP contribution >= 0.6 is 0 Å². The van der Waals surface area contributed by atoms with Crippen LogP contribution in [0, 0.1) is 11.3 Å². The first-order valence-corrected chi connectivity index (χ1v) is 8.24. The number of aromatic nitrogens is 1. The van der Waals surface area contributed by atoms with E-state index in [4.69, 9.17) is 10.5 Å². The number of rotatable bonds is 3. The molecule has 0 saturated carbocycles. The number of likely N-dealkylation sites (N-methyl/N-ethyl adjacent to an activating group) is 1. The highest BCUT2D eigenvalue weighted by molar-refractivity contribution is 6.07. The van der Waals surface area contributed by atoms with E-state index >= 15 is 0 Å². The second kappa shape index (κ2) is 5.92. The molecule has 1 aromatic carbocycles. The van der Waals surface area contributed by atoms with Gasteiger partial charge in [-0.2, -0.15) is 5.26 Å². The number of benzene rings is 1. The fourth-order valence-electron chi connectivity index (χ4n) is 3.40. The van der Waals surface area contributed by atoms with Crippen LogP contribution in [0.5, 0.6) is 0 Å². The summed E-state index contributed by atoms with van der Waals surface area (Å²) in [6, 6.07) is 7.48. The van der Waals surface area contributed by atoms with Gasteiger partial charge in [-0.05, 0) is 44.5 Å². The maximum atomic E-state index is 12.7. The average Bonchev–Trinajstić information content (AvgIpc) is 3.06. The Labute approximate surface area is 151 Å². The Morgan fingerprint density at radius 2 is 2.08 bits per heavy atom. The Morgan fingerprint density at radius 3 is 2.65 bits per heavy atom. The number of amides is 1. The number of nitrogen functional groups attached to an aromatic ring is 1. The molecule has 2 heterocycles. The molecule has 7 heteroatoms. The minimum Gasteiger partial charge on any atom is -0.464 e. The molecule has 0 aliphatic carbocycles. The van der Waals surface area contributed by atoms with Crippen molar-refractivity contribution in [3.8, 4) is 11.8 Å². The molecule has 7 nitrogen and oxygen atoms in total. The number of ether oxygens (including phenoxy) is 1. The lowest BCUT2D eigenvalue weighted by molar-refractivity contribution is -0.122. The summed E-state index contributed by atoms with van der Waals surface area (Å²) in [5.41, 5.74) is 7.99. The van der Waals surface area contributed by atoms with E-state index in [1.807, 2.05) is 39.0 Å². The van der Waals surface area contributed by atoms with Gasteiger partial charge in [-0.15, -0.1) is 0 Å². The van der Waals surface area contributed by atoms with Crippen LogP contribution in [-0.2, 0) is 14.9 Å². The molecule has 0 radical (unpaired) electrons.